The molecule has 4 saturated carbocycles. The Bertz CT molecular complexity index is 879. The van der Waals surface area contributed by atoms with Crippen LogP contribution in [0.1, 0.15) is 60.0 Å². The Hall–Kier alpha value is -2.42. The Morgan fingerprint density at radius 1 is 0.828 bits per heavy atom. The van der Waals surface area contributed by atoms with Crippen LogP contribution in [-0.4, -0.2) is 18.4 Å². The lowest BCUT2D eigenvalue weighted by molar-refractivity contribution is -0.147. The third-order valence-corrected chi connectivity index (χ3v) is 7.44. The van der Waals surface area contributed by atoms with Gasteiger partial charge >= 0.3 is 5.97 Å². The van der Waals surface area contributed by atoms with Gasteiger partial charge in [-0.1, -0.05) is 48.5 Å². The highest BCUT2D eigenvalue weighted by Gasteiger charge is 2.54. The summed E-state index contributed by atoms with van der Waals surface area (Å²) in [4.78, 5) is 25.9. The van der Waals surface area contributed by atoms with Gasteiger partial charge in [0.25, 0.3) is 0 Å². The molecule has 3 nitrogen and oxygen atoms in total. The van der Waals surface area contributed by atoms with Gasteiger partial charge in [-0.15, -0.1) is 0 Å². The molecule has 0 heterocycles. The molecule has 3 heteroatoms. The highest BCUT2D eigenvalue weighted by Crippen LogP contribution is 2.60. The van der Waals surface area contributed by atoms with Gasteiger partial charge in [-0.05, 0) is 79.9 Å². The number of ether oxygens (including phenoxy) is 1. The molecule has 2 aromatic carbocycles. The number of rotatable bonds is 6. The van der Waals surface area contributed by atoms with E-state index in [1.54, 1.807) is 6.07 Å². The number of hydrogen-bond acceptors (Lipinski definition) is 3. The molecule has 4 bridgehead atoms. The second kappa shape index (κ2) is 7.44. The van der Waals surface area contributed by atoms with Crippen molar-refractivity contribution in [3.05, 3.63) is 71.3 Å². The summed E-state index contributed by atoms with van der Waals surface area (Å²) in [6.07, 6.45) is 7.63. The summed E-state index contributed by atoms with van der Waals surface area (Å²) < 4.78 is 5.57. The van der Waals surface area contributed by atoms with Crippen LogP contribution in [0.15, 0.2) is 54.6 Å². The number of Topliss-reactive ketones (excluding diaryl/α,β-unsaturated/α-hetero) is 1. The number of hydrogen-bond donors (Lipinski definition) is 0. The highest BCUT2D eigenvalue weighted by molar-refractivity contribution is 5.94. The van der Waals surface area contributed by atoms with Crippen molar-refractivity contribution in [3.63, 3.8) is 0 Å². The first-order valence-electron chi connectivity index (χ1n) is 10.9. The molecule has 4 aliphatic rings. The van der Waals surface area contributed by atoms with Crippen molar-refractivity contribution in [2.75, 3.05) is 6.61 Å². The summed E-state index contributed by atoms with van der Waals surface area (Å²) in [7, 11) is 0. The van der Waals surface area contributed by atoms with Crippen molar-refractivity contribution in [2.24, 2.45) is 23.2 Å². The van der Waals surface area contributed by atoms with Crippen LogP contribution in [0, 0.1) is 23.2 Å². The van der Waals surface area contributed by atoms with E-state index in [-0.39, 0.29) is 23.8 Å². The maximum Gasteiger partial charge on any atom is 0.338 e. The molecule has 0 unspecified atom stereocenters. The molecule has 0 aliphatic heterocycles. The summed E-state index contributed by atoms with van der Waals surface area (Å²) in [6.45, 7) is -0.0787. The quantitative estimate of drug-likeness (QED) is 0.637. The SMILES string of the molecule is O=C(OCC(=O)C12CC3CC(CC(C3)C1)C2)c1ccccc1Cc1ccccc1. The van der Waals surface area contributed by atoms with Crippen LogP contribution in [0.25, 0.3) is 0 Å². The highest BCUT2D eigenvalue weighted by atomic mass is 16.5. The molecule has 6 rings (SSSR count). The van der Waals surface area contributed by atoms with Crippen LogP contribution in [0.4, 0.5) is 0 Å². The molecule has 0 aromatic heterocycles. The average Bonchev–Trinajstić information content (AvgIpc) is 2.72. The summed E-state index contributed by atoms with van der Waals surface area (Å²) >= 11 is 0. The second-order valence-electron chi connectivity index (χ2n) is 9.52. The van der Waals surface area contributed by atoms with Crippen molar-refractivity contribution >= 4 is 11.8 Å². The summed E-state index contributed by atoms with van der Waals surface area (Å²) in [5, 5.41) is 0. The van der Waals surface area contributed by atoms with Crippen molar-refractivity contribution in [1.29, 1.82) is 0 Å². The van der Waals surface area contributed by atoms with Crippen LogP contribution >= 0.6 is 0 Å². The summed E-state index contributed by atoms with van der Waals surface area (Å²) in [5.41, 5.74) is 2.44. The molecule has 2 aromatic rings. The maximum atomic E-state index is 13.1. The van der Waals surface area contributed by atoms with Crippen molar-refractivity contribution < 1.29 is 14.3 Å². The predicted octanol–water partition coefficient (Wildman–Crippen LogP) is 5.22. The zero-order valence-electron chi connectivity index (χ0n) is 16.8. The van der Waals surface area contributed by atoms with E-state index in [0.717, 1.165) is 30.4 Å². The lowest BCUT2D eigenvalue weighted by atomic mass is 9.48. The Morgan fingerprint density at radius 2 is 1.41 bits per heavy atom. The molecule has 4 fully saturated rings. The number of carbonyl (C=O) groups is 2. The third-order valence-electron chi connectivity index (χ3n) is 7.44. The molecular formula is C26H28O3. The van der Waals surface area contributed by atoms with E-state index in [1.165, 1.54) is 19.3 Å². The standard InChI is InChI=1S/C26H28O3/c27-24(26-14-19-10-20(15-26)12-21(11-19)16-26)17-29-25(28)23-9-5-4-8-22(23)13-18-6-2-1-3-7-18/h1-9,19-21H,10-17H2. The molecular weight excluding hydrogens is 360 g/mol. The Morgan fingerprint density at radius 3 is 2.07 bits per heavy atom. The van der Waals surface area contributed by atoms with E-state index >= 15 is 0 Å². The minimum absolute atomic E-state index is 0.0787. The van der Waals surface area contributed by atoms with E-state index in [4.69, 9.17) is 4.74 Å². The molecule has 0 N–H and O–H groups in total. The molecule has 150 valence electrons. The predicted molar refractivity (Wildman–Crippen MR) is 112 cm³/mol. The maximum absolute atomic E-state index is 13.1. The van der Waals surface area contributed by atoms with E-state index in [0.29, 0.717) is 29.7 Å². The van der Waals surface area contributed by atoms with Gasteiger partial charge in [0.15, 0.2) is 12.4 Å². The van der Waals surface area contributed by atoms with Crippen LogP contribution in [0.5, 0.6) is 0 Å². The van der Waals surface area contributed by atoms with E-state index in [1.807, 2.05) is 36.4 Å². The first kappa shape index (κ1) is 18.6. The van der Waals surface area contributed by atoms with E-state index < -0.39 is 0 Å². The van der Waals surface area contributed by atoms with Gasteiger partial charge in [-0.25, -0.2) is 4.79 Å². The van der Waals surface area contributed by atoms with Gasteiger partial charge in [-0.2, -0.15) is 0 Å². The topological polar surface area (TPSA) is 43.4 Å². The van der Waals surface area contributed by atoms with Gasteiger partial charge in [0, 0.05) is 5.41 Å². The van der Waals surface area contributed by atoms with Crippen LogP contribution in [0.2, 0.25) is 0 Å². The monoisotopic (exact) mass is 388 g/mol. The first-order valence-corrected chi connectivity index (χ1v) is 10.9. The molecule has 0 amide bonds. The fourth-order valence-corrected chi connectivity index (χ4v) is 6.50. The Kier molecular flexibility index (Phi) is 4.77. The molecule has 0 atom stereocenters. The van der Waals surface area contributed by atoms with Crippen LogP contribution in [-0.2, 0) is 16.0 Å². The van der Waals surface area contributed by atoms with Gasteiger partial charge < -0.3 is 4.74 Å². The van der Waals surface area contributed by atoms with Gasteiger partial charge in [0.05, 0.1) is 5.56 Å². The Labute approximate surface area is 172 Å². The normalized spacial score (nSPS) is 29.6. The lowest BCUT2D eigenvalue weighted by Crippen LogP contribution is -2.51. The molecule has 4 aliphatic carbocycles. The number of carbonyl (C=O) groups excluding carboxylic acids is 2. The third kappa shape index (κ3) is 3.63. The largest absolute Gasteiger partial charge is 0.454 e. The first-order chi connectivity index (χ1) is 14.1. The molecule has 0 spiro atoms. The lowest BCUT2D eigenvalue weighted by Gasteiger charge is -2.55. The Balaban J connectivity index is 1.26. The number of benzene rings is 2. The van der Waals surface area contributed by atoms with E-state index in [2.05, 4.69) is 12.1 Å². The fraction of sp³-hybridized carbons (Fsp3) is 0.462. The van der Waals surface area contributed by atoms with Crippen molar-refractivity contribution in [2.45, 2.75) is 44.9 Å². The van der Waals surface area contributed by atoms with Crippen LogP contribution in [0.3, 0.4) is 0 Å². The van der Waals surface area contributed by atoms with E-state index in [9.17, 15) is 9.59 Å². The molecule has 29 heavy (non-hydrogen) atoms. The van der Waals surface area contributed by atoms with Gasteiger partial charge in [0.1, 0.15) is 0 Å². The van der Waals surface area contributed by atoms with Crippen molar-refractivity contribution in [1.82, 2.24) is 0 Å². The van der Waals surface area contributed by atoms with Crippen molar-refractivity contribution in [3.8, 4) is 0 Å². The zero-order valence-corrected chi connectivity index (χ0v) is 16.8. The summed E-state index contributed by atoms with van der Waals surface area (Å²) in [5.74, 6) is 1.92. The average molecular weight is 389 g/mol. The minimum Gasteiger partial charge on any atom is -0.454 e. The van der Waals surface area contributed by atoms with Crippen LogP contribution < -0.4 is 0 Å². The molecule has 0 saturated heterocycles. The van der Waals surface area contributed by atoms with Gasteiger partial charge in [0.2, 0.25) is 0 Å². The minimum atomic E-state index is -0.380. The number of esters is 1. The fourth-order valence-electron chi connectivity index (χ4n) is 6.50. The number of ketones is 1. The molecule has 0 radical (unpaired) electrons. The smallest absolute Gasteiger partial charge is 0.338 e. The second-order valence-corrected chi connectivity index (χ2v) is 9.52. The summed E-state index contributed by atoms with van der Waals surface area (Å²) in [6, 6.07) is 17.7. The zero-order chi connectivity index (χ0) is 19.8. The van der Waals surface area contributed by atoms with Gasteiger partial charge in [-0.3, -0.25) is 4.79 Å².